The number of aromatic carboxylic acids is 1. The molecule has 1 heterocycles. The smallest absolute Gasteiger partial charge is 0.339 e. The van der Waals surface area contributed by atoms with Gasteiger partial charge in [-0.25, -0.2) is 4.79 Å². The van der Waals surface area contributed by atoms with E-state index < -0.39 is 5.97 Å². The molecule has 0 aliphatic rings. The molecule has 1 aromatic carbocycles. The quantitative estimate of drug-likeness (QED) is 0.638. The SMILES string of the molecule is CC#CCNCc1oc2ccccc2c1C(=O)O. The van der Waals surface area contributed by atoms with E-state index in [-0.39, 0.29) is 5.56 Å². The molecule has 0 saturated carbocycles. The lowest BCUT2D eigenvalue weighted by Gasteiger charge is -1.98. The molecule has 0 bridgehead atoms. The van der Waals surface area contributed by atoms with Crippen molar-refractivity contribution in [3.05, 3.63) is 35.6 Å². The number of nitrogens with one attached hydrogen (secondary N) is 1. The highest BCUT2D eigenvalue weighted by atomic mass is 16.4. The number of rotatable bonds is 4. The first kappa shape index (κ1) is 12.2. The molecule has 2 rings (SSSR count). The number of carboxylic acids is 1. The highest BCUT2D eigenvalue weighted by Gasteiger charge is 2.19. The van der Waals surface area contributed by atoms with Gasteiger partial charge in [0.1, 0.15) is 16.9 Å². The van der Waals surface area contributed by atoms with Gasteiger partial charge in [-0.1, -0.05) is 24.1 Å². The molecule has 0 fully saturated rings. The van der Waals surface area contributed by atoms with Gasteiger partial charge in [-0.05, 0) is 13.0 Å². The molecule has 0 radical (unpaired) electrons. The van der Waals surface area contributed by atoms with Gasteiger partial charge in [-0.2, -0.15) is 0 Å². The molecule has 0 aliphatic heterocycles. The minimum atomic E-state index is -0.974. The monoisotopic (exact) mass is 243 g/mol. The third-order valence-electron chi connectivity index (χ3n) is 2.56. The molecule has 0 amide bonds. The van der Waals surface area contributed by atoms with Crippen molar-refractivity contribution in [2.75, 3.05) is 6.54 Å². The van der Waals surface area contributed by atoms with E-state index in [1.807, 2.05) is 6.07 Å². The first-order valence-corrected chi connectivity index (χ1v) is 5.58. The fourth-order valence-corrected chi connectivity index (χ4v) is 1.78. The molecule has 92 valence electrons. The highest BCUT2D eigenvalue weighted by Crippen LogP contribution is 2.25. The summed E-state index contributed by atoms with van der Waals surface area (Å²) in [6, 6.07) is 7.12. The topological polar surface area (TPSA) is 62.5 Å². The number of carboxylic acid groups (broad SMARTS) is 1. The molecule has 0 saturated heterocycles. The van der Waals surface area contributed by atoms with Crippen LogP contribution in [0.1, 0.15) is 23.0 Å². The van der Waals surface area contributed by atoms with Crippen molar-refractivity contribution in [1.29, 1.82) is 0 Å². The summed E-state index contributed by atoms with van der Waals surface area (Å²) in [5.41, 5.74) is 0.816. The molecule has 2 N–H and O–H groups in total. The highest BCUT2D eigenvalue weighted by molar-refractivity contribution is 6.03. The van der Waals surface area contributed by atoms with E-state index in [4.69, 9.17) is 4.42 Å². The van der Waals surface area contributed by atoms with E-state index >= 15 is 0 Å². The fourth-order valence-electron chi connectivity index (χ4n) is 1.78. The van der Waals surface area contributed by atoms with Crippen LogP contribution in [0.5, 0.6) is 0 Å². The van der Waals surface area contributed by atoms with Crippen LogP contribution in [0.25, 0.3) is 11.0 Å². The first-order valence-electron chi connectivity index (χ1n) is 5.58. The molecule has 0 spiro atoms. The molecule has 2 aromatic rings. The van der Waals surface area contributed by atoms with Gasteiger partial charge in [0.25, 0.3) is 0 Å². The Kier molecular flexibility index (Phi) is 3.66. The average Bonchev–Trinajstić information content (AvgIpc) is 2.73. The maximum atomic E-state index is 11.3. The predicted molar refractivity (Wildman–Crippen MR) is 68.3 cm³/mol. The molecular weight excluding hydrogens is 230 g/mol. The number of benzene rings is 1. The molecule has 0 unspecified atom stereocenters. The van der Waals surface area contributed by atoms with Crippen molar-refractivity contribution in [2.45, 2.75) is 13.5 Å². The van der Waals surface area contributed by atoms with Gasteiger partial charge in [0.05, 0.1) is 13.1 Å². The maximum Gasteiger partial charge on any atom is 0.339 e. The molecule has 4 heteroatoms. The van der Waals surface area contributed by atoms with Crippen LogP contribution in [-0.2, 0) is 6.54 Å². The van der Waals surface area contributed by atoms with Gasteiger partial charge in [-0.15, -0.1) is 5.92 Å². The van der Waals surface area contributed by atoms with Crippen molar-refractivity contribution < 1.29 is 14.3 Å². The maximum absolute atomic E-state index is 11.3. The largest absolute Gasteiger partial charge is 0.478 e. The fraction of sp³-hybridized carbons (Fsp3) is 0.214. The number of fused-ring (bicyclic) bond motifs is 1. The van der Waals surface area contributed by atoms with Crippen LogP contribution in [-0.4, -0.2) is 17.6 Å². The number of para-hydroxylation sites is 1. The Hall–Kier alpha value is -2.25. The summed E-state index contributed by atoms with van der Waals surface area (Å²) >= 11 is 0. The lowest BCUT2D eigenvalue weighted by molar-refractivity contribution is 0.0696. The van der Waals surface area contributed by atoms with Gasteiger partial charge in [0.2, 0.25) is 0 Å². The van der Waals surface area contributed by atoms with Crippen LogP contribution >= 0.6 is 0 Å². The van der Waals surface area contributed by atoms with Gasteiger partial charge in [0, 0.05) is 5.39 Å². The van der Waals surface area contributed by atoms with E-state index in [1.54, 1.807) is 25.1 Å². The minimum Gasteiger partial charge on any atom is -0.478 e. The van der Waals surface area contributed by atoms with Gasteiger partial charge < -0.3 is 9.52 Å². The van der Waals surface area contributed by atoms with Crippen LogP contribution in [0, 0.1) is 11.8 Å². The second kappa shape index (κ2) is 5.39. The molecule has 1 aromatic heterocycles. The Bertz CT molecular complexity index is 631. The van der Waals surface area contributed by atoms with E-state index in [2.05, 4.69) is 17.2 Å². The molecule has 0 aliphatic carbocycles. The van der Waals surface area contributed by atoms with E-state index in [0.29, 0.717) is 29.8 Å². The average molecular weight is 243 g/mol. The summed E-state index contributed by atoms with van der Waals surface area (Å²) in [6.07, 6.45) is 0. The third-order valence-corrected chi connectivity index (χ3v) is 2.56. The zero-order chi connectivity index (χ0) is 13.0. The number of furan rings is 1. The second-order valence-electron chi connectivity index (χ2n) is 3.73. The zero-order valence-electron chi connectivity index (χ0n) is 9.99. The Labute approximate surface area is 105 Å². The van der Waals surface area contributed by atoms with E-state index in [0.717, 1.165) is 0 Å². The van der Waals surface area contributed by atoms with Gasteiger partial charge >= 0.3 is 5.97 Å². The molecule has 0 atom stereocenters. The van der Waals surface area contributed by atoms with Crippen molar-refractivity contribution in [2.24, 2.45) is 0 Å². The first-order chi connectivity index (χ1) is 8.74. The third kappa shape index (κ3) is 2.36. The molecule has 4 nitrogen and oxygen atoms in total. The van der Waals surface area contributed by atoms with Crippen LogP contribution < -0.4 is 5.32 Å². The number of carbonyl (C=O) groups is 1. The summed E-state index contributed by atoms with van der Waals surface area (Å²) in [5.74, 6) is 5.07. The van der Waals surface area contributed by atoms with Crippen molar-refractivity contribution in [1.82, 2.24) is 5.32 Å². The number of hydrogen-bond donors (Lipinski definition) is 2. The molecular formula is C14H13NO3. The second-order valence-corrected chi connectivity index (χ2v) is 3.73. The van der Waals surface area contributed by atoms with E-state index in [9.17, 15) is 9.90 Å². The summed E-state index contributed by atoms with van der Waals surface area (Å²) in [7, 11) is 0. The lowest BCUT2D eigenvalue weighted by atomic mass is 10.1. The predicted octanol–water partition coefficient (Wildman–Crippen LogP) is 2.24. The summed E-state index contributed by atoms with van der Waals surface area (Å²) < 4.78 is 5.55. The Morgan fingerprint density at radius 2 is 2.22 bits per heavy atom. The summed E-state index contributed by atoms with van der Waals surface area (Å²) in [6.45, 7) is 2.61. The number of hydrogen-bond acceptors (Lipinski definition) is 3. The normalized spacial score (nSPS) is 10.1. The van der Waals surface area contributed by atoms with Gasteiger partial charge in [-0.3, -0.25) is 5.32 Å². The Morgan fingerprint density at radius 3 is 2.94 bits per heavy atom. The zero-order valence-corrected chi connectivity index (χ0v) is 9.99. The van der Waals surface area contributed by atoms with Crippen molar-refractivity contribution in [3.63, 3.8) is 0 Å². The summed E-state index contributed by atoms with van der Waals surface area (Å²) in [4.78, 5) is 11.3. The van der Waals surface area contributed by atoms with Crippen LogP contribution in [0.15, 0.2) is 28.7 Å². The minimum absolute atomic E-state index is 0.225. The Balaban J connectivity index is 2.33. The van der Waals surface area contributed by atoms with E-state index in [1.165, 1.54) is 0 Å². The van der Waals surface area contributed by atoms with Crippen molar-refractivity contribution in [3.8, 4) is 11.8 Å². The molecule has 18 heavy (non-hydrogen) atoms. The van der Waals surface area contributed by atoms with Crippen LogP contribution in [0.3, 0.4) is 0 Å². The Morgan fingerprint density at radius 1 is 1.44 bits per heavy atom. The van der Waals surface area contributed by atoms with Crippen molar-refractivity contribution >= 4 is 16.9 Å². The van der Waals surface area contributed by atoms with Crippen LogP contribution in [0.4, 0.5) is 0 Å². The summed E-state index contributed by atoms with van der Waals surface area (Å²) in [5, 5.41) is 12.9. The lowest BCUT2D eigenvalue weighted by Crippen LogP contribution is -2.14. The van der Waals surface area contributed by atoms with Crippen LogP contribution in [0.2, 0.25) is 0 Å². The van der Waals surface area contributed by atoms with Gasteiger partial charge in [0.15, 0.2) is 0 Å². The standard InChI is InChI=1S/C14H13NO3/c1-2-3-8-15-9-12-13(14(16)17)10-6-4-5-7-11(10)18-12/h4-7,15H,8-9H2,1H3,(H,16,17).